The number of nitrogens with zero attached hydrogens (tertiary/aromatic N) is 6. The van der Waals surface area contributed by atoms with Crippen LogP contribution in [0.25, 0.3) is 0 Å². The number of aromatic nitrogens is 4. The van der Waals surface area contributed by atoms with Crippen LogP contribution < -0.4 is 0 Å². The number of rotatable bonds is 5. The molecule has 1 aliphatic rings. The molecule has 8 nitrogen and oxygen atoms in total. The molecule has 3 rings (SSSR count). The second-order valence-electron chi connectivity index (χ2n) is 7.04. The third-order valence-electron chi connectivity index (χ3n) is 4.36. The van der Waals surface area contributed by atoms with Crippen molar-refractivity contribution in [3.63, 3.8) is 0 Å². The molecule has 1 aliphatic heterocycles. The Hall–Kier alpha value is -2.22. The summed E-state index contributed by atoms with van der Waals surface area (Å²) >= 11 is 0. The summed E-state index contributed by atoms with van der Waals surface area (Å²) in [7, 11) is 1.84. The fourth-order valence-corrected chi connectivity index (χ4v) is 3.12. The molecule has 1 saturated heterocycles. The summed E-state index contributed by atoms with van der Waals surface area (Å²) in [5, 5.41) is 8.40. The van der Waals surface area contributed by atoms with Crippen molar-refractivity contribution in [2.75, 3.05) is 26.2 Å². The zero-order valence-electron chi connectivity index (χ0n) is 15.4. The minimum absolute atomic E-state index is 0.0556. The van der Waals surface area contributed by atoms with Gasteiger partial charge >= 0.3 is 0 Å². The number of hydrogen-bond acceptors (Lipinski definition) is 6. The number of piperazine rings is 1. The molecule has 2 aromatic heterocycles. The molecule has 1 amide bonds. The Kier molecular flexibility index (Phi) is 5.17. The van der Waals surface area contributed by atoms with Crippen molar-refractivity contribution in [3.8, 4) is 0 Å². The van der Waals surface area contributed by atoms with Crippen LogP contribution in [0.2, 0.25) is 0 Å². The zero-order chi connectivity index (χ0) is 18.0. The van der Waals surface area contributed by atoms with Gasteiger partial charge in [-0.1, -0.05) is 19.0 Å². The van der Waals surface area contributed by atoms with E-state index in [-0.39, 0.29) is 5.91 Å². The van der Waals surface area contributed by atoms with E-state index in [1.54, 1.807) is 11.6 Å². The highest BCUT2D eigenvalue weighted by Crippen LogP contribution is 2.13. The summed E-state index contributed by atoms with van der Waals surface area (Å²) in [6, 6.07) is 1.93. The van der Waals surface area contributed by atoms with Crippen LogP contribution in [0.15, 0.2) is 10.6 Å². The first-order valence-electron chi connectivity index (χ1n) is 8.76. The standard InChI is InChI=1S/C17H26N6O2/c1-12(2)9-14-10-15(21(4)19-14)17(24)23-7-5-22(6-8-23)11-16-18-13(3)25-20-16/h10,12H,5-9,11H2,1-4H3. The van der Waals surface area contributed by atoms with Gasteiger partial charge in [0.05, 0.1) is 12.2 Å². The van der Waals surface area contributed by atoms with E-state index in [2.05, 4.69) is 34.0 Å². The Balaban J connectivity index is 1.57. The van der Waals surface area contributed by atoms with Gasteiger partial charge in [-0.25, -0.2) is 0 Å². The van der Waals surface area contributed by atoms with E-state index < -0.39 is 0 Å². The smallest absolute Gasteiger partial charge is 0.272 e. The normalized spacial score (nSPS) is 16.0. The number of amides is 1. The Morgan fingerprint density at radius 3 is 2.60 bits per heavy atom. The first-order chi connectivity index (χ1) is 11.9. The minimum atomic E-state index is 0.0556. The molecule has 3 heterocycles. The lowest BCUT2D eigenvalue weighted by Gasteiger charge is -2.33. The summed E-state index contributed by atoms with van der Waals surface area (Å²) < 4.78 is 6.71. The molecular formula is C17H26N6O2. The highest BCUT2D eigenvalue weighted by atomic mass is 16.5. The van der Waals surface area contributed by atoms with Gasteiger partial charge in [-0.2, -0.15) is 10.1 Å². The van der Waals surface area contributed by atoms with Gasteiger partial charge in [-0.05, 0) is 18.4 Å². The maximum absolute atomic E-state index is 12.8. The fourth-order valence-electron chi connectivity index (χ4n) is 3.12. The van der Waals surface area contributed by atoms with Crippen LogP contribution in [0.3, 0.4) is 0 Å². The molecule has 2 aromatic rings. The van der Waals surface area contributed by atoms with E-state index in [4.69, 9.17) is 4.52 Å². The first kappa shape index (κ1) is 17.6. The Morgan fingerprint density at radius 1 is 1.28 bits per heavy atom. The second kappa shape index (κ2) is 7.35. The molecule has 8 heteroatoms. The average Bonchev–Trinajstić information content (AvgIpc) is 3.12. The number of carbonyl (C=O) groups is 1. The number of aryl methyl sites for hydroxylation is 2. The largest absolute Gasteiger partial charge is 0.340 e. The van der Waals surface area contributed by atoms with Gasteiger partial charge in [0.2, 0.25) is 5.89 Å². The summed E-state index contributed by atoms with van der Waals surface area (Å²) in [6.07, 6.45) is 0.888. The molecule has 25 heavy (non-hydrogen) atoms. The molecule has 0 N–H and O–H groups in total. The van der Waals surface area contributed by atoms with Crippen molar-refractivity contribution in [3.05, 3.63) is 29.2 Å². The minimum Gasteiger partial charge on any atom is -0.340 e. The van der Waals surface area contributed by atoms with Gasteiger partial charge in [0, 0.05) is 40.2 Å². The van der Waals surface area contributed by atoms with Crippen LogP contribution in [-0.2, 0) is 20.0 Å². The summed E-state index contributed by atoms with van der Waals surface area (Å²) in [5.41, 5.74) is 1.64. The van der Waals surface area contributed by atoms with Crippen molar-refractivity contribution in [2.45, 2.75) is 33.7 Å². The van der Waals surface area contributed by atoms with E-state index in [1.165, 1.54) is 0 Å². The van der Waals surface area contributed by atoms with Gasteiger partial charge in [-0.3, -0.25) is 14.4 Å². The summed E-state index contributed by atoms with van der Waals surface area (Å²) in [6.45, 7) is 9.74. The van der Waals surface area contributed by atoms with Gasteiger partial charge in [0.1, 0.15) is 5.69 Å². The van der Waals surface area contributed by atoms with Gasteiger partial charge in [0.25, 0.3) is 5.91 Å². The molecule has 0 unspecified atom stereocenters. The van der Waals surface area contributed by atoms with Crippen molar-refractivity contribution < 1.29 is 9.32 Å². The van der Waals surface area contributed by atoms with Crippen LogP contribution in [-0.4, -0.2) is 61.8 Å². The monoisotopic (exact) mass is 346 g/mol. The van der Waals surface area contributed by atoms with Crippen LogP contribution in [0.1, 0.15) is 41.7 Å². The van der Waals surface area contributed by atoms with Gasteiger partial charge in [0.15, 0.2) is 5.82 Å². The molecule has 0 bridgehead atoms. The van der Waals surface area contributed by atoms with E-state index in [1.807, 2.05) is 18.0 Å². The third kappa shape index (κ3) is 4.25. The lowest BCUT2D eigenvalue weighted by molar-refractivity contribution is 0.0613. The Labute approximate surface area is 147 Å². The SMILES string of the molecule is Cc1nc(CN2CCN(C(=O)c3cc(CC(C)C)nn3C)CC2)no1. The quantitative estimate of drug-likeness (QED) is 0.811. The van der Waals surface area contributed by atoms with Gasteiger partial charge in [-0.15, -0.1) is 0 Å². The molecule has 0 aromatic carbocycles. The van der Waals surface area contributed by atoms with Crippen LogP contribution in [0.5, 0.6) is 0 Å². The van der Waals surface area contributed by atoms with Crippen molar-refractivity contribution in [1.29, 1.82) is 0 Å². The topological polar surface area (TPSA) is 80.3 Å². The molecule has 0 radical (unpaired) electrons. The molecule has 1 fully saturated rings. The van der Waals surface area contributed by atoms with Crippen LogP contribution in [0.4, 0.5) is 0 Å². The van der Waals surface area contributed by atoms with E-state index >= 15 is 0 Å². The maximum atomic E-state index is 12.8. The van der Waals surface area contributed by atoms with E-state index in [9.17, 15) is 4.79 Å². The predicted molar refractivity (Wildman–Crippen MR) is 92.0 cm³/mol. The molecule has 0 saturated carbocycles. The van der Waals surface area contributed by atoms with Crippen molar-refractivity contribution in [1.82, 2.24) is 29.7 Å². The predicted octanol–water partition coefficient (Wildman–Crippen LogP) is 1.27. The molecule has 0 aliphatic carbocycles. The summed E-state index contributed by atoms with van der Waals surface area (Å²) in [5.74, 6) is 1.86. The highest BCUT2D eigenvalue weighted by molar-refractivity contribution is 5.92. The zero-order valence-corrected chi connectivity index (χ0v) is 15.4. The number of carbonyl (C=O) groups excluding carboxylic acids is 1. The molecule has 0 atom stereocenters. The Bertz CT molecular complexity index is 727. The lowest BCUT2D eigenvalue weighted by atomic mass is 10.1. The van der Waals surface area contributed by atoms with E-state index in [0.29, 0.717) is 43.0 Å². The van der Waals surface area contributed by atoms with Gasteiger partial charge < -0.3 is 9.42 Å². The van der Waals surface area contributed by atoms with Crippen LogP contribution in [0, 0.1) is 12.8 Å². The highest BCUT2D eigenvalue weighted by Gasteiger charge is 2.25. The molecule has 136 valence electrons. The second-order valence-corrected chi connectivity index (χ2v) is 7.04. The average molecular weight is 346 g/mol. The maximum Gasteiger partial charge on any atom is 0.272 e. The number of hydrogen-bond donors (Lipinski definition) is 0. The van der Waals surface area contributed by atoms with Crippen LogP contribution >= 0.6 is 0 Å². The summed E-state index contributed by atoms with van der Waals surface area (Å²) in [4.78, 5) is 21.2. The van der Waals surface area contributed by atoms with Crippen molar-refractivity contribution in [2.24, 2.45) is 13.0 Å². The van der Waals surface area contributed by atoms with E-state index in [0.717, 1.165) is 25.2 Å². The molecule has 0 spiro atoms. The van der Waals surface area contributed by atoms with Crippen molar-refractivity contribution >= 4 is 5.91 Å². The lowest BCUT2D eigenvalue weighted by Crippen LogP contribution is -2.48. The Morgan fingerprint density at radius 2 is 2.00 bits per heavy atom. The third-order valence-corrected chi connectivity index (χ3v) is 4.36. The first-order valence-corrected chi connectivity index (χ1v) is 8.76. The fraction of sp³-hybridized carbons (Fsp3) is 0.647. The molecular weight excluding hydrogens is 320 g/mol.